The van der Waals surface area contributed by atoms with Gasteiger partial charge in [-0.05, 0) is 24.3 Å². The van der Waals surface area contributed by atoms with Gasteiger partial charge in [-0.3, -0.25) is 14.4 Å². The lowest BCUT2D eigenvalue weighted by Crippen LogP contribution is -2.39. The van der Waals surface area contributed by atoms with Crippen LogP contribution in [-0.2, 0) is 14.4 Å². The molecule has 0 fully saturated rings. The average molecular weight is 282 g/mol. The summed E-state index contributed by atoms with van der Waals surface area (Å²) in [6, 6.07) is 6.83. The van der Waals surface area contributed by atoms with Gasteiger partial charge in [-0.2, -0.15) is 0 Å². The van der Waals surface area contributed by atoms with Gasteiger partial charge >= 0.3 is 0 Å². The predicted octanol–water partition coefficient (Wildman–Crippen LogP) is 0.210. The second-order valence-corrected chi connectivity index (χ2v) is 3.81. The smallest absolute Gasteiger partial charge is 0.265 e. The molecule has 0 heterocycles. The number of carbonyl (C=O) groups excluding carboxylic acids is 2. The first-order valence-electron chi connectivity index (χ1n) is 5.91. The molecule has 0 spiro atoms. The van der Waals surface area contributed by atoms with E-state index >= 15 is 0 Å². The van der Waals surface area contributed by atoms with E-state index in [0.717, 1.165) is 5.06 Å². The van der Waals surface area contributed by atoms with E-state index < -0.39 is 5.91 Å². The van der Waals surface area contributed by atoms with Crippen LogP contribution in [0.4, 0.5) is 0 Å². The van der Waals surface area contributed by atoms with Gasteiger partial charge in [0.25, 0.3) is 11.8 Å². The van der Waals surface area contributed by atoms with E-state index in [1.165, 1.54) is 14.2 Å². The molecule has 0 aliphatic heterocycles. The predicted molar refractivity (Wildman–Crippen MR) is 71.3 cm³/mol. The third-order valence-corrected chi connectivity index (χ3v) is 2.49. The van der Waals surface area contributed by atoms with Gasteiger partial charge in [-0.25, -0.2) is 5.06 Å². The highest BCUT2D eigenvalue weighted by Gasteiger charge is 2.10. The van der Waals surface area contributed by atoms with E-state index in [0.29, 0.717) is 11.5 Å². The minimum absolute atomic E-state index is 0.144. The zero-order valence-electron chi connectivity index (χ0n) is 11.7. The Hall–Kier alpha value is -2.28. The van der Waals surface area contributed by atoms with Crippen LogP contribution in [0.5, 0.6) is 11.5 Å². The van der Waals surface area contributed by atoms with Crippen molar-refractivity contribution in [3.8, 4) is 11.5 Å². The first kappa shape index (κ1) is 15.8. The highest BCUT2D eigenvalue weighted by Crippen LogP contribution is 2.16. The Kier molecular flexibility index (Phi) is 6.31. The van der Waals surface area contributed by atoms with Crippen molar-refractivity contribution >= 4 is 11.8 Å². The summed E-state index contributed by atoms with van der Waals surface area (Å²) in [6.45, 7) is -0.314. The molecule has 0 unspecified atom stereocenters. The maximum absolute atomic E-state index is 11.5. The Morgan fingerprint density at radius 1 is 1.15 bits per heavy atom. The number of methoxy groups -OCH3 is 1. The van der Waals surface area contributed by atoms with Crippen LogP contribution in [0.3, 0.4) is 0 Å². The lowest BCUT2D eigenvalue weighted by Gasteiger charge is -2.14. The van der Waals surface area contributed by atoms with E-state index in [2.05, 4.69) is 10.2 Å². The van der Waals surface area contributed by atoms with Crippen LogP contribution in [0.2, 0.25) is 0 Å². The Morgan fingerprint density at radius 2 is 1.75 bits per heavy atom. The molecule has 0 radical (unpaired) electrons. The standard InChI is InChI=1S/C13H18N2O5/c1-15(19-3)13(17)8-14-12(16)9-20-11-6-4-10(18-2)5-7-11/h4-7H,8-9H2,1-3H3,(H,14,16). The molecule has 1 aromatic carbocycles. The quantitative estimate of drug-likeness (QED) is 0.723. The van der Waals surface area contributed by atoms with Crippen LogP contribution in [0.15, 0.2) is 24.3 Å². The topological polar surface area (TPSA) is 77.1 Å². The van der Waals surface area contributed by atoms with Gasteiger partial charge in [0.05, 0.1) is 20.8 Å². The fraction of sp³-hybridized carbons (Fsp3) is 0.385. The molecule has 2 amide bonds. The lowest BCUT2D eigenvalue weighted by molar-refractivity contribution is -0.167. The zero-order valence-corrected chi connectivity index (χ0v) is 11.7. The number of nitrogens with zero attached hydrogens (tertiary/aromatic N) is 1. The van der Waals surface area contributed by atoms with E-state index in [9.17, 15) is 9.59 Å². The van der Waals surface area contributed by atoms with Crippen molar-refractivity contribution in [1.29, 1.82) is 0 Å². The van der Waals surface area contributed by atoms with Crippen LogP contribution >= 0.6 is 0 Å². The van der Waals surface area contributed by atoms with Gasteiger partial charge in [0, 0.05) is 7.05 Å². The van der Waals surface area contributed by atoms with Crippen molar-refractivity contribution in [2.45, 2.75) is 0 Å². The van der Waals surface area contributed by atoms with Gasteiger partial charge in [0.15, 0.2) is 6.61 Å². The van der Waals surface area contributed by atoms with Gasteiger partial charge in [0.1, 0.15) is 11.5 Å². The highest BCUT2D eigenvalue weighted by molar-refractivity contribution is 5.84. The number of benzene rings is 1. The molecule has 7 nitrogen and oxygen atoms in total. The molecule has 1 rings (SSSR count). The molecule has 0 saturated carbocycles. The lowest BCUT2D eigenvalue weighted by atomic mass is 10.3. The van der Waals surface area contributed by atoms with Crippen LogP contribution in [0.1, 0.15) is 0 Å². The van der Waals surface area contributed by atoms with Gasteiger partial charge in [-0.15, -0.1) is 0 Å². The number of hydrogen-bond acceptors (Lipinski definition) is 5. The third-order valence-electron chi connectivity index (χ3n) is 2.49. The number of nitrogens with one attached hydrogen (secondary N) is 1. The van der Waals surface area contributed by atoms with Gasteiger partial charge in [0.2, 0.25) is 0 Å². The van der Waals surface area contributed by atoms with Crippen LogP contribution in [0.25, 0.3) is 0 Å². The third kappa shape index (κ3) is 5.15. The Morgan fingerprint density at radius 3 is 2.30 bits per heavy atom. The fourth-order valence-corrected chi connectivity index (χ4v) is 1.26. The van der Waals surface area contributed by atoms with E-state index in [4.69, 9.17) is 9.47 Å². The summed E-state index contributed by atoms with van der Waals surface area (Å²) >= 11 is 0. The summed E-state index contributed by atoms with van der Waals surface area (Å²) < 4.78 is 10.3. The minimum Gasteiger partial charge on any atom is -0.497 e. The average Bonchev–Trinajstić information content (AvgIpc) is 2.50. The van der Waals surface area contributed by atoms with Crippen LogP contribution in [-0.4, -0.2) is 51.3 Å². The van der Waals surface area contributed by atoms with Crippen LogP contribution in [0, 0.1) is 0 Å². The Balaban J connectivity index is 2.30. The molecule has 0 atom stereocenters. The van der Waals surface area contributed by atoms with Crippen molar-refractivity contribution < 1.29 is 23.9 Å². The van der Waals surface area contributed by atoms with E-state index in [-0.39, 0.29) is 19.1 Å². The molecule has 0 aliphatic rings. The number of likely N-dealkylation sites (N-methyl/N-ethyl adjacent to an activating group) is 1. The molecule has 7 heteroatoms. The first-order chi connectivity index (χ1) is 9.56. The van der Waals surface area contributed by atoms with E-state index in [1.807, 2.05) is 0 Å². The summed E-state index contributed by atoms with van der Waals surface area (Å²) in [7, 11) is 4.40. The first-order valence-corrected chi connectivity index (χ1v) is 5.91. The molecule has 20 heavy (non-hydrogen) atoms. The SMILES string of the molecule is COc1ccc(OCC(=O)NCC(=O)N(C)OC)cc1. The Labute approximate surface area is 117 Å². The summed E-state index contributed by atoms with van der Waals surface area (Å²) in [5.41, 5.74) is 0. The number of hydrogen-bond donors (Lipinski definition) is 1. The molecular weight excluding hydrogens is 264 g/mol. The van der Waals surface area contributed by atoms with Crippen molar-refractivity contribution in [2.24, 2.45) is 0 Å². The van der Waals surface area contributed by atoms with Crippen molar-refractivity contribution in [3.05, 3.63) is 24.3 Å². The fourth-order valence-electron chi connectivity index (χ4n) is 1.26. The molecule has 1 aromatic rings. The van der Waals surface area contributed by atoms with Crippen LogP contribution < -0.4 is 14.8 Å². The highest BCUT2D eigenvalue weighted by atomic mass is 16.7. The maximum atomic E-state index is 11.5. The number of carbonyl (C=O) groups is 2. The summed E-state index contributed by atoms with van der Waals surface area (Å²) in [5.74, 6) is 0.500. The molecule has 1 N–H and O–H groups in total. The molecule has 110 valence electrons. The second-order valence-electron chi connectivity index (χ2n) is 3.81. The Bertz CT molecular complexity index is 447. The largest absolute Gasteiger partial charge is 0.497 e. The molecular formula is C13H18N2O5. The molecule has 0 bridgehead atoms. The summed E-state index contributed by atoms with van der Waals surface area (Å²) in [5, 5.41) is 3.46. The molecule has 0 aliphatic carbocycles. The van der Waals surface area contributed by atoms with Gasteiger partial charge < -0.3 is 14.8 Å². The normalized spacial score (nSPS) is 9.75. The minimum atomic E-state index is -0.390. The van der Waals surface area contributed by atoms with Crippen molar-refractivity contribution in [1.82, 2.24) is 10.4 Å². The second kappa shape index (κ2) is 8.00. The zero-order chi connectivity index (χ0) is 15.0. The molecule has 0 saturated heterocycles. The number of hydroxylamine groups is 2. The van der Waals surface area contributed by atoms with Crippen molar-refractivity contribution in [2.75, 3.05) is 34.4 Å². The molecule has 0 aromatic heterocycles. The number of rotatable bonds is 7. The van der Waals surface area contributed by atoms with Gasteiger partial charge in [-0.1, -0.05) is 0 Å². The van der Waals surface area contributed by atoms with Crippen molar-refractivity contribution in [3.63, 3.8) is 0 Å². The summed E-state index contributed by atoms with van der Waals surface area (Å²) in [4.78, 5) is 27.5. The number of amides is 2. The monoisotopic (exact) mass is 282 g/mol. The number of ether oxygens (including phenoxy) is 2. The summed E-state index contributed by atoms with van der Waals surface area (Å²) in [6.07, 6.45) is 0. The van der Waals surface area contributed by atoms with E-state index in [1.54, 1.807) is 31.4 Å². The maximum Gasteiger partial charge on any atom is 0.265 e.